The smallest absolute Gasteiger partial charge is 0.223 e. The van der Waals surface area contributed by atoms with Gasteiger partial charge in [-0.2, -0.15) is 0 Å². The third-order valence-electron chi connectivity index (χ3n) is 3.77. The zero-order valence-corrected chi connectivity index (χ0v) is 9.74. The van der Waals surface area contributed by atoms with E-state index < -0.39 is 0 Å². The minimum absolute atomic E-state index is 0.00358. The third kappa shape index (κ3) is 2.95. The first kappa shape index (κ1) is 11.9. The average Bonchev–Trinajstić information content (AvgIpc) is 2.33. The van der Waals surface area contributed by atoms with Gasteiger partial charge in [-0.05, 0) is 38.8 Å². The molecule has 2 rings (SSSR count). The highest BCUT2D eigenvalue weighted by Crippen LogP contribution is 2.20. The van der Waals surface area contributed by atoms with E-state index in [0.717, 1.165) is 51.6 Å². The van der Waals surface area contributed by atoms with Gasteiger partial charge >= 0.3 is 0 Å². The van der Waals surface area contributed by atoms with Crippen LogP contribution >= 0.6 is 0 Å². The number of carbonyl (C=O) groups is 1. The molecule has 0 aromatic carbocycles. The highest BCUT2D eigenvalue weighted by Gasteiger charge is 2.28. The lowest BCUT2D eigenvalue weighted by Crippen LogP contribution is -2.48. The number of aliphatic hydroxyl groups excluding tert-OH is 1. The Bertz CT molecular complexity index is 239. The van der Waals surface area contributed by atoms with Gasteiger partial charge in [-0.1, -0.05) is 12.8 Å². The number of rotatable bonds is 2. The number of nitrogens with one attached hydrogen (secondary N) is 2. The molecule has 1 saturated carbocycles. The molecule has 0 bridgehead atoms. The van der Waals surface area contributed by atoms with E-state index in [0.29, 0.717) is 0 Å². The molecule has 92 valence electrons. The van der Waals surface area contributed by atoms with E-state index in [1.165, 1.54) is 0 Å². The summed E-state index contributed by atoms with van der Waals surface area (Å²) in [5.74, 6) is 0.294. The van der Waals surface area contributed by atoms with Crippen molar-refractivity contribution in [3.05, 3.63) is 0 Å². The van der Waals surface area contributed by atoms with E-state index in [2.05, 4.69) is 10.6 Å². The number of carbonyl (C=O) groups excluding carboxylic acids is 1. The van der Waals surface area contributed by atoms with Crippen LogP contribution in [-0.2, 0) is 4.79 Å². The molecule has 1 saturated heterocycles. The molecule has 1 aliphatic carbocycles. The van der Waals surface area contributed by atoms with E-state index in [1.54, 1.807) is 0 Å². The summed E-state index contributed by atoms with van der Waals surface area (Å²) in [6.45, 7) is 1.87. The minimum atomic E-state index is -0.334. The normalized spacial score (nSPS) is 32.3. The number of aliphatic hydroxyl groups is 1. The Morgan fingerprint density at radius 1 is 1.12 bits per heavy atom. The summed E-state index contributed by atoms with van der Waals surface area (Å²) >= 11 is 0. The Hall–Kier alpha value is -0.610. The zero-order valence-electron chi connectivity index (χ0n) is 9.74. The Balaban J connectivity index is 1.80. The Kier molecular flexibility index (Phi) is 4.18. The van der Waals surface area contributed by atoms with Crippen LogP contribution in [0.1, 0.15) is 38.5 Å². The Morgan fingerprint density at radius 2 is 1.81 bits per heavy atom. The van der Waals surface area contributed by atoms with Crippen LogP contribution in [0.15, 0.2) is 0 Å². The second-order valence-electron chi connectivity index (χ2n) is 4.99. The SMILES string of the molecule is O=C(NC1CCCCC1O)C1CCNCC1. The zero-order chi connectivity index (χ0) is 11.4. The fraction of sp³-hybridized carbons (Fsp3) is 0.917. The third-order valence-corrected chi connectivity index (χ3v) is 3.77. The van der Waals surface area contributed by atoms with Crippen molar-refractivity contribution in [2.45, 2.75) is 50.7 Å². The lowest BCUT2D eigenvalue weighted by molar-refractivity contribution is -0.127. The molecule has 0 aromatic heterocycles. The van der Waals surface area contributed by atoms with Gasteiger partial charge in [-0.3, -0.25) is 4.79 Å². The summed E-state index contributed by atoms with van der Waals surface area (Å²) in [6, 6.07) is -0.00358. The Morgan fingerprint density at radius 3 is 2.50 bits per heavy atom. The first-order valence-corrected chi connectivity index (χ1v) is 6.46. The molecule has 2 unspecified atom stereocenters. The maximum Gasteiger partial charge on any atom is 0.223 e. The molecule has 2 fully saturated rings. The van der Waals surface area contributed by atoms with E-state index in [1.807, 2.05) is 0 Å². The summed E-state index contributed by atoms with van der Waals surface area (Å²) in [6.07, 6.45) is 5.48. The van der Waals surface area contributed by atoms with E-state index >= 15 is 0 Å². The van der Waals surface area contributed by atoms with Gasteiger partial charge < -0.3 is 15.7 Å². The lowest BCUT2D eigenvalue weighted by Gasteiger charge is -2.30. The Labute approximate surface area is 96.8 Å². The average molecular weight is 226 g/mol. The summed E-state index contributed by atoms with van der Waals surface area (Å²) in [7, 11) is 0. The van der Waals surface area contributed by atoms with Gasteiger partial charge in [0.25, 0.3) is 0 Å². The second kappa shape index (κ2) is 5.64. The van der Waals surface area contributed by atoms with Crippen LogP contribution in [0.3, 0.4) is 0 Å². The van der Waals surface area contributed by atoms with Crippen LogP contribution in [0.25, 0.3) is 0 Å². The van der Waals surface area contributed by atoms with Crippen LogP contribution in [0.2, 0.25) is 0 Å². The van der Waals surface area contributed by atoms with Crippen LogP contribution < -0.4 is 10.6 Å². The molecule has 1 aliphatic heterocycles. The number of hydrogen-bond donors (Lipinski definition) is 3. The molecule has 4 nitrogen and oxygen atoms in total. The monoisotopic (exact) mass is 226 g/mol. The first-order chi connectivity index (χ1) is 7.77. The van der Waals surface area contributed by atoms with Gasteiger partial charge in [0, 0.05) is 5.92 Å². The van der Waals surface area contributed by atoms with Gasteiger partial charge in [0.1, 0.15) is 0 Å². The maximum absolute atomic E-state index is 12.0. The largest absolute Gasteiger partial charge is 0.391 e. The fourth-order valence-corrected chi connectivity index (χ4v) is 2.66. The van der Waals surface area contributed by atoms with Crippen molar-refractivity contribution >= 4 is 5.91 Å². The van der Waals surface area contributed by atoms with Crippen LogP contribution in [0, 0.1) is 5.92 Å². The van der Waals surface area contributed by atoms with Crippen molar-refractivity contribution < 1.29 is 9.90 Å². The van der Waals surface area contributed by atoms with Gasteiger partial charge in [-0.15, -0.1) is 0 Å². The topological polar surface area (TPSA) is 61.4 Å². The molecule has 1 heterocycles. The van der Waals surface area contributed by atoms with Crippen LogP contribution in [0.4, 0.5) is 0 Å². The quantitative estimate of drug-likeness (QED) is 0.639. The van der Waals surface area contributed by atoms with Crippen molar-refractivity contribution in [2.24, 2.45) is 5.92 Å². The molecule has 16 heavy (non-hydrogen) atoms. The molecule has 0 spiro atoms. The van der Waals surface area contributed by atoms with Crippen molar-refractivity contribution in [1.82, 2.24) is 10.6 Å². The fourth-order valence-electron chi connectivity index (χ4n) is 2.66. The summed E-state index contributed by atoms with van der Waals surface area (Å²) in [5.41, 5.74) is 0. The van der Waals surface area contributed by atoms with Gasteiger partial charge in [0.15, 0.2) is 0 Å². The standard InChI is InChI=1S/C12H22N2O2/c15-11-4-2-1-3-10(11)14-12(16)9-5-7-13-8-6-9/h9-11,13,15H,1-8H2,(H,14,16). The van der Waals surface area contributed by atoms with Crippen LogP contribution in [-0.4, -0.2) is 36.2 Å². The first-order valence-electron chi connectivity index (χ1n) is 6.46. The summed E-state index contributed by atoms with van der Waals surface area (Å²) in [5, 5.41) is 16.1. The molecular weight excluding hydrogens is 204 g/mol. The van der Waals surface area contributed by atoms with Gasteiger partial charge in [-0.25, -0.2) is 0 Å². The predicted octanol–water partition coefficient (Wildman–Crippen LogP) is 0.406. The molecule has 2 aliphatic rings. The molecule has 3 N–H and O–H groups in total. The molecular formula is C12H22N2O2. The molecule has 1 amide bonds. The van der Waals surface area contributed by atoms with E-state index in [4.69, 9.17) is 0 Å². The minimum Gasteiger partial charge on any atom is -0.391 e. The summed E-state index contributed by atoms with van der Waals surface area (Å²) in [4.78, 5) is 12.0. The van der Waals surface area contributed by atoms with E-state index in [-0.39, 0.29) is 24.0 Å². The van der Waals surface area contributed by atoms with Crippen molar-refractivity contribution in [1.29, 1.82) is 0 Å². The van der Waals surface area contributed by atoms with Crippen molar-refractivity contribution in [3.8, 4) is 0 Å². The molecule has 4 heteroatoms. The van der Waals surface area contributed by atoms with Crippen molar-refractivity contribution in [3.63, 3.8) is 0 Å². The predicted molar refractivity (Wildman–Crippen MR) is 62.0 cm³/mol. The van der Waals surface area contributed by atoms with Gasteiger partial charge in [0.05, 0.1) is 12.1 Å². The van der Waals surface area contributed by atoms with Crippen molar-refractivity contribution in [2.75, 3.05) is 13.1 Å². The van der Waals surface area contributed by atoms with Gasteiger partial charge in [0.2, 0.25) is 5.91 Å². The molecule has 2 atom stereocenters. The highest BCUT2D eigenvalue weighted by molar-refractivity contribution is 5.79. The van der Waals surface area contributed by atoms with Crippen LogP contribution in [0.5, 0.6) is 0 Å². The summed E-state index contributed by atoms with van der Waals surface area (Å²) < 4.78 is 0. The second-order valence-corrected chi connectivity index (χ2v) is 4.99. The molecule has 0 radical (unpaired) electrons. The highest BCUT2D eigenvalue weighted by atomic mass is 16.3. The maximum atomic E-state index is 12.0. The lowest BCUT2D eigenvalue weighted by atomic mass is 9.91. The van der Waals surface area contributed by atoms with E-state index in [9.17, 15) is 9.90 Å². The number of hydrogen-bond acceptors (Lipinski definition) is 3. The molecule has 0 aromatic rings. The number of piperidine rings is 1. The number of amides is 1.